The van der Waals surface area contributed by atoms with E-state index in [0.717, 1.165) is 4.68 Å². The summed E-state index contributed by atoms with van der Waals surface area (Å²) in [4.78, 5) is 17.3. The Balaban J connectivity index is 1.74. The zero-order chi connectivity index (χ0) is 24.2. The molecule has 160 valence electrons. The molecule has 0 saturated carbocycles. The van der Waals surface area contributed by atoms with Crippen molar-refractivity contribution in [2.24, 2.45) is 6.98 Å². The molecule has 4 aromatic rings. The van der Waals surface area contributed by atoms with E-state index in [0.29, 0.717) is 39.4 Å². The van der Waals surface area contributed by atoms with Gasteiger partial charge in [-0.1, -0.05) is 5.21 Å². The van der Waals surface area contributed by atoms with Crippen molar-refractivity contribution in [3.8, 4) is 0 Å². The lowest BCUT2D eigenvalue weighted by molar-refractivity contribution is 0.0302. The molecule has 1 aliphatic heterocycles. The van der Waals surface area contributed by atoms with Crippen molar-refractivity contribution < 1.29 is 13.6 Å². The average molecular weight is 424 g/mol. The van der Waals surface area contributed by atoms with Crippen LogP contribution in [0.2, 0.25) is 0 Å². The highest BCUT2D eigenvalue weighted by atomic mass is 16.5. The Labute approximate surface area is 182 Å². The van der Waals surface area contributed by atoms with Crippen LogP contribution in [0.5, 0.6) is 0 Å². The van der Waals surface area contributed by atoms with Gasteiger partial charge in [-0.3, -0.25) is 4.79 Å². The van der Waals surface area contributed by atoms with Crippen LogP contribution in [0.25, 0.3) is 16.7 Å². The number of ether oxygens (including phenoxy) is 1. The van der Waals surface area contributed by atoms with Gasteiger partial charge in [-0.2, -0.15) is 0 Å². The van der Waals surface area contributed by atoms with Crippen LogP contribution < -0.4 is 16.0 Å². The number of carbonyl (C=O) groups is 1. The maximum absolute atomic E-state index is 13.0. The smallest absolute Gasteiger partial charge is 0.271 e. The lowest BCUT2D eigenvalue weighted by Crippen LogP contribution is -2.41. The standard InChI is InChI=1S/C20H23N9O2/c1-10-11(2)31-9-12-5-13(18-15(6-12)28(4)27-25-18)24-17-7-14(21-3)19-22-8-16(20(30)23-10)29(19)26-17/h5-8,10-11,21H,9H2,1-4H3,(H,23,30)(H,24,26)/t10-,11-/m1/s1/i4D3. The van der Waals surface area contributed by atoms with E-state index in [9.17, 15) is 4.79 Å². The highest BCUT2D eigenvalue weighted by molar-refractivity contribution is 5.94. The van der Waals surface area contributed by atoms with Crippen molar-refractivity contribution in [1.82, 2.24) is 34.9 Å². The SMILES string of the molecule is [2H]C([2H])([2H])n1nnc2c3cc(cc21)CO[C@H](C)[C@@H](C)NC(=O)c1cnc2c(NC)cc(nn12)N3. The van der Waals surface area contributed by atoms with E-state index in [1.807, 2.05) is 19.9 Å². The van der Waals surface area contributed by atoms with Gasteiger partial charge in [0, 0.05) is 24.2 Å². The van der Waals surface area contributed by atoms with Crippen LogP contribution in [0, 0.1) is 0 Å². The minimum Gasteiger partial charge on any atom is -0.385 e. The Bertz CT molecular complexity index is 1410. The monoisotopic (exact) mass is 424 g/mol. The lowest BCUT2D eigenvalue weighted by Gasteiger charge is -2.22. The predicted octanol–water partition coefficient (Wildman–Crippen LogP) is 1.83. The molecular formula is C20H23N9O2. The van der Waals surface area contributed by atoms with Crippen molar-refractivity contribution in [3.63, 3.8) is 0 Å². The molecule has 1 aliphatic rings. The summed E-state index contributed by atoms with van der Waals surface area (Å²) in [6, 6.07) is 4.94. The van der Waals surface area contributed by atoms with Crippen molar-refractivity contribution in [2.45, 2.75) is 32.6 Å². The summed E-state index contributed by atoms with van der Waals surface area (Å²) in [7, 11) is 1.74. The van der Waals surface area contributed by atoms with Crippen molar-refractivity contribution in [3.05, 3.63) is 35.7 Å². The molecule has 0 aliphatic carbocycles. The topological polar surface area (TPSA) is 123 Å². The first-order valence-electron chi connectivity index (χ1n) is 11.3. The second kappa shape index (κ2) is 7.20. The van der Waals surface area contributed by atoms with Gasteiger partial charge in [-0.15, -0.1) is 10.2 Å². The summed E-state index contributed by atoms with van der Waals surface area (Å²) in [6.45, 7) is 1.39. The summed E-state index contributed by atoms with van der Waals surface area (Å²) >= 11 is 0. The molecule has 0 unspecified atom stereocenters. The van der Waals surface area contributed by atoms with E-state index < -0.39 is 6.98 Å². The molecule has 3 aromatic heterocycles. The Morgan fingerprint density at radius 2 is 2.19 bits per heavy atom. The molecule has 11 heteroatoms. The van der Waals surface area contributed by atoms with E-state index in [1.54, 1.807) is 19.2 Å². The molecule has 0 radical (unpaired) electrons. The molecule has 31 heavy (non-hydrogen) atoms. The molecular weight excluding hydrogens is 398 g/mol. The number of fused-ring (bicyclic) bond motifs is 5. The van der Waals surface area contributed by atoms with Crippen LogP contribution in [0.3, 0.4) is 0 Å². The number of carbonyl (C=O) groups excluding carboxylic acids is 1. The fourth-order valence-electron chi connectivity index (χ4n) is 3.54. The quantitative estimate of drug-likeness (QED) is 0.423. The van der Waals surface area contributed by atoms with Gasteiger partial charge in [0.1, 0.15) is 5.52 Å². The fourth-order valence-corrected chi connectivity index (χ4v) is 3.54. The number of imidazole rings is 1. The number of aromatic nitrogens is 6. The highest BCUT2D eigenvalue weighted by Gasteiger charge is 2.22. The van der Waals surface area contributed by atoms with Crippen LogP contribution in [-0.4, -0.2) is 54.7 Å². The van der Waals surface area contributed by atoms with E-state index in [1.165, 1.54) is 10.7 Å². The number of benzene rings is 1. The maximum atomic E-state index is 13.0. The fraction of sp³-hybridized carbons (Fsp3) is 0.350. The predicted molar refractivity (Wildman–Crippen MR) is 116 cm³/mol. The first-order valence-corrected chi connectivity index (χ1v) is 9.80. The van der Waals surface area contributed by atoms with Gasteiger partial charge in [0.05, 0.1) is 41.8 Å². The van der Waals surface area contributed by atoms with Gasteiger partial charge in [0.15, 0.2) is 17.2 Å². The second-order valence-electron chi connectivity index (χ2n) is 7.49. The normalized spacial score (nSPS) is 21.1. The van der Waals surface area contributed by atoms with E-state index in [2.05, 4.69) is 36.3 Å². The van der Waals surface area contributed by atoms with Gasteiger partial charge < -0.3 is 20.7 Å². The molecule has 0 spiro atoms. The molecule has 11 nitrogen and oxygen atoms in total. The summed E-state index contributed by atoms with van der Waals surface area (Å²) in [5.41, 5.74) is 3.31. The number of rotatable bonds is 1. The first-order chi connectivity index (χ1) is 16.2. The highest BCUT2D eigenvalue weighted by Crippen LogP contribution is 2.29. The molecule has 4 heterocycles. The number of anilines is 3. The van der Waals surface area contributed by atoms with Gasteiger partial charge in [0.25, 0.3) is 5.91 Å². The Morgan fingerprint density at radius 3 is 3.00 bits per heavy atom. The van der Waals surface area contributed by atoms with Gasteiger partial charge in [-0.05, 0) is 31.5 Å². The largest absolute Gasteiger partial charge is 0.385 e. The van der Waals surface area contributed by atoms with Gasteiger partial charge in [-0.25, -0.2) is 14.2 Å². The molecule has 1 aromatic carbocycles. The zero-order valence-electron chi connectivity index (χ0n) is 20.2. The number of nitrogens with one attached hydrogen (secondary N) is 3. The first kappa shape index (κ1) is 16.0. The minimum absolute atomic E-state index is 0.185. The number of nitrogens with zero attached hydrogens (tertiary/aromatic N) is 6. The van der Waals surface area contributed by atoms with Crippen molar-refractivity contribution in [2.75, 3.05) is 17.7 Å². The third-order valence-electron chi connectivity index (χ3n) is 5.42. The van der Waals surface area contributed by atoms with Crippen LogP contribution in [0.1, 0.15) is 34.0 Å². The van der Waals surface area contributed by atoms with Gasteiger partial charge in [0.2, 0.25) is 0 Å². The Kier molecular flexibility index (Phi) is 3.72. The summed E-state index contributed by atoms with van der Waals surface area (Å²) in [5.74, 6) is 0.0610. The van der Waals surface area contributed by atoms with E-state index >= 15 is 0 Å². The van der Waals surface area contributed by atoms with Crippen molar-refractivity contribution >= 4 is 39.8 Å². The number of aryl methyl sites for hydroxylation is 1. The van der Waals surface area contributed by atoms with Gasteiger partial charge >= 0.3 is 0 Å². The summed E-state index contributed by atoms with van der Waals surface area (Å²) < 4.78 is 31.8. The lowest BCUT2D eigenvalue weighted by atomic mass is 10.1. The molecule has 5 rings (SSSR count). The number of hydrogen-bond acceptors (Lipinski definition) is 8. The summed E-state index contributed by atoms with van der Waals surface area (Å²) in [5, 5.41) is 21.7. The maximum Gasteiger partial charge on any atom is 0.271 e. The zero-order valence-corrected chi connectivity index (χ0v) is 17.2. The van der Waals surface area contributed by atoms with Crippen LogP contribution in [-0.2, 0) is 18.3 Å². The molecule has 0 fully saturated rings. The van der Waals surface area contributed by atoms with Crippen LogP contribution in [0.15, 0.2) is 24.4 Å². The van der Waals surface area contributed by atoms with Crippen LogP contribution in [0.4, 0.5) is 17.2 Å². The number of hydrogen-bond donors (Lipinski definition) is 3. The third kappa shape index (κ3) is 3.22. The average Bonchev–Trinajstić information content (AvgIpc) is 3.40. The molecule has 0 saturated heterocycles. The van der Waals surface area contributed by atoms with E-state index in [-0.39, 0.29) is 30.4 Å². The van der Waals surface area contributed by atoms with Crippen LogP contribution >= 0.6 is 0 Å². The van der Waals surface area contributed by atoms with Crippen molar-refractivity contribution in [1.29, 1.82) is 0 Å². The summed E-state index contributed by atoms with van der Waals surface area (Å²) in [6.07, 6.45) is 1.13. The number of amides is 1. The second-order valence-corrected chi connectivity index (χ2v) is 7.49. The molecule has 2 atom stereocenters. The minimum atomic E-state index is -2.50. The Morgan fingerprint density at radius 1 is 1.32 bits per heavy atom. The molecule has 4 bridgehead atoms. The Hall–Kier alpha value is -3.73. The van der Waals surface area contributed by atoms with E-state index in [4.69, 9.17) is 8.85 Å². The molecule has 1 amide bonds. The molecule has 3 N–H and O–H groups in total. The third-order valence-corrected chi connectivity index (χ3v) is 5.42.